The first-order valence-corrected chi connectivity index (χ1v) is 9.54. The standard InChI is InChI=1S/C22H23N5O2/c1-14-7-8-17(11-15(14)2)27-25-20(13-28)21(26-27)22(29)23-10-9-16-12-24-19-6-4-3-5-18(16)19/h3-8,11-12,24,28H,9-10,13H2,1-2H3,(H,23,29). The molecule has 4 aromatic rings. The van der Waals surface area contributed by atoms with Gasteiger partial charge in [0.2, 0.25) is 0 Å². The molecule has 0 atom stereocenters. The van der Waals surface area contributed by atoms with Crippen LogP contribution < -0.4 is 5.32 Å². The Labute approximate surface area is 168 Å². The summed E-state index contributed by atoms with van der Waals surface area (Å²) in [5.41, 5.74) is 5.64. The van der Waals surface area contributed by atoms with Gasteiger partial charge in [0.15, 0.2) is 5.69 Å². The van der Waals surface area contributed by atoms with Crippen LogP contribution >= 0.6 is 0 Å². The average Bonchev–Trinajstić information content (AvgIpc) is 3.34. The van der Waals surface area contributed by atoms with Crippen molar-refractivity contribution in [3.8, 4) is 5.69 Å². The number of aliphatic hydroxyl groups is 1. The van der Waals surface area contributed by atoms with E-state index in [2.05, 4.69) is 26.6 Å². The number of fused-ring (bicyclic) bond motifs is 1. The molecule has 0 radical (unpaired) electrons. The summed E-state index contributed by atoms with van der Waals surface area (Å²) in [6.07, 6.45) is 2.65. The van der Waals surface area contributed by atoms with E-state index < -0.39 is 0 Å². The van der Waals surface area contributed by atoms with Crippen molar-refractivity contribution in [1.29, 1.82) is 0 Å². The third-order valence-electron chi connectivity index (χ3n) is 5.12. The maximum absolute atomic E-state index is 12.6. The van der Waals surface area contributed by atoms with Crippen molar-refractivity contribution in [2.75, 3.05) is 6.54 Å². The Morgan fingerprint density at radius 1 is 1.14 bits per heavy atom. The minimum absolute atomic E-state index is 0.143. The number of carbonyl (C=O) groups is 1. The Morgan fingerprint density at radius 3 is 2.76 bits per heavy atom. The van der Waals surface area contributed by atoms with Gasteiger partial charge in [-0.25, -0.2) is 0 Å². The number of rotatable bonds is 6. The second-order valence-corrected chi connectivity index (χ2v) is 7.08. The Hall–Kier alpha value is -3.45. The number of para-hydroxylation sites is 1. The number of amides is 1. The summed E-state index contributed by atoms with van der Waals surface area (Å²) in [7, 11) is 0. The van der Waals surface area contributed by atoms with Crippen LogP contribution in [0.3, 0.4) is 0 Å². The van der Waals surface area contributed by atoms with Crippen LogP contribution in [-0.4, -0.2) is 37.5 Å². The zero-order valence-electron chi connectivity index (χ0n) is 16.4. The molecule has 0 spiro atoms. The molecule has 1 amide bonds. The van der Waals surface area contributed by atoms with Gasteiger partial charge in [0.1, 0.15) is 5.69 Å². The quantitative estimate of drug-likeness (QED) is 0.472. The van der Waals surface area contributed by atoms with Crippen LogP contribution in [0.25, 0.3) is 16.6 Å². The molecule has 0 bridgehead atoms. The van der Waals surface area contributed by atoms with E-state index in [9.17, 15) is 9.90 Å². The van der Waals surface area contributed by atoms with Crippen LogP contribution in [0, 0.1) is 13.8 Å². The molecule has 0 fully saturated rings. The van der Waals surface area contributed by atoms with Gasteiger partial charge in [-0.1, -0.05) is 24.3 Å². The molecule has 29 heavy (non-hydrogen) atoms. The van der Waals surface area contributed by atoms with Crippen LogP contribution in [0.5, 0.6) is 0 Å². The molecule has 148 valence electrons. The zero-order valence-corrected chi connectivity index (χ0v) is 16.4. The Morgan fingerprint density at radius 2 is 1.97 bits per heavy atom. The largest absolute Gasteiger partial charge is 0.390 e. The van der Waals surface area contributed by atoms with Crippen molar-refractivity contribution in [1.82, 2.24) is 25.3 Å². The molecule has 7 nitrogen and oxygen atoms in total. The summed E-state index contributed by atoms with van der Waals surface area (Å²) in [6.45, 7) is 4.15. The van der Waals surface area contributed by atoms with Gasteiger partial charge in [0, 0.05) is 23.6 Å². The highest BCUT2D eigenvalue weighted by Gasteiger charge is 2.19. The van der Waals surface area contributed by atoms with E-state index in [0.717, 1.165) is 27.7 Å². The van der Waals surface area contributed by atoms with Gasteiger partial charge in [-0.3, -0.25) is 4.79 Å². The molecule has 2 aromatic carbocycles. The molecule has 0 aliphatic rings. The molecule has 2 heterocycles. The summed E-state index contributed by atoms with van der Waals surface area (Å²) >= 11 is 0. The normalized spacial score (nSPS) is 11.1. The summed E-state index contributed by atoms with van der Waals surface area (Å²) in [5, 5.41) is 22.2. The monoisotopic (exact) mass is 389 g/mol. The number of nitrogens with one attached hydrogen (secondary N) is 2. The highest BCUT2D eigenvalue weighted by molar-refractivity contribution is 5.93. The molecular formula is C22H23N5O2. The summed E-state index contributed by atoms with van der Waals surface area (Å²) in [5.74, 6) is -0.344. The molecule has 2 aromatic heterocycles. The van der Waals surface area contributed by atoms with Crippen LogP contribution in [-0.2, 0) is 13.0 Å². The predicted octanol–water partition coefficient (Wildman–Crippen LogP) is 2.83. The third kappa shape index (κ3) is 3.77. The van der Waals surface area contributed by atoms with Crippen LogP contribution in [0.2, 0.25) is 0 Å². The van der Waals surface area contributed by atoms with Crippen molar-refractivity contribution in [3.05, 3.63) is 76.7 Å². The SMILES string of the molecule is Cc1ccc(-n2nc(CO)c(C(=O)NCCc3c[nH]c4ccccc34)n2)cc1C. The maximum atomic E-state index is 12.6. The fourth-order valence-electron chi connectivity index (χ4n) is 3.32. The van der Waals surface area contributed by atoms with Crippen LogP contribution in [0.1, 0.15) is 32.9 Å². The van der Waals surface area contributed by atoms with Crippen molar-refractivity contribution in [3.63, 3.8) is 0 Å². The number of aromatic amines is 1. The fraction of sp³-hybridized carbons (Fsp3) is 0.227. The van der Waals surface area contributed by atoms with Gasteiger partial charge in [-0.2, -0.15) is 4.80 Å². The van der Waals surface area contributed by atoms with Gasteiger partial charge in [-0.05, 0) is 55.2 Å². The van der Waals surface area contributed by atoms with Gasteiger partial charge in [0.25, 0.3) is 5.91 Å². The number of aryl methyl sites for hydroxylation is 2. The predicted molar refractivity (Wildman–Crippen MR) is 111 cm³/mol. The minimum atomic E-state index is -0.351. The molecule has 0 aliphatic carbocycles. The summed E-state index contributed by atoms with van der Waals surface area (Å²) in [6, 6.07) is 13.9. The van der Waals surface area contributed by atoms with Gasteiger partial charge >= 0.3 is 0 Å². The molecule has 0 aliphatic heterocycles. The lowest BCUT2D eigenvalue weighted by Crippen LogP contribution is -2.27. The molecular weight excluding hydrogens is 366 g/mol. The third-order valence-corrected chi connectivity index (χ3v) is 5.12. The number of H-pyrrole nitrogens is 1. The molecule has 0 unspecified atom stereocenters. The van der Waals surface area contributed by atoms with Crippen LogP contribution in [0.15, 0.2) is 48.7 Å². The number of hydrogen-bond donors (Lipinski definition) is 3. The average molecular weight is 389 g/mol. The minimum Gasteiger partial charge on any atom is -0.390 e. The second-order valence-electron chi connectivity index (χ2n) is 7.08. The van der Waals surface area contributed by atoms with E-state index >= 15 is 0 Å². The number of benzene rings is 2. The van der Waals surface area contributed by atoms with E-state index in [4.69, 9.17) is 0 Å². The van der Waals surface area contributed by atoms with Crippen molar-refractivity contribution in [2.24, 2.45) is 0 Å². The van der Waals surface area contributed by atoms with E-state index in [1.165, 1.54) is 10.4 Å². The summed E-state index contributed by atoms with van der Waals surface area (Å²) in [4.78, 5) is 17.3. The maximum Gasteiger partial charge on any atom is 0.273 e. The van der Waals surface area contributed by atoms with Gasteiger partial charge in [-0.15, -0.1) is 10.2 Å². The van der Waals surface area contributed by atoms with E-state index in [-0.39, 0.29) is 23.9 Å². The lowest BCUT2D eigenvalue weighted by Gasteiger charge is -2.04. The van der Waals surface area contributed by atoms with Crippen LogP contribution in [0.4, 0.5) is 0 Å². The first-order valence-electron chi connectivity index (χ1n) is 9.54. The zero-order chi connectivity index (χ0) is 20.4. The lowest BCUT2D eigenvalue weighted by atomic mass is 10.1. The van der Waals surface area contributed by atoms with E-state index in [1.807, 2.05) is 56.4 Å². The number of aromatic nitrogens is 4. The van der Waals surface area contributed by atoms with Crippen molar-refractivity contribution >= 4 is 16.8 Å². The number of nitrogens with zero attached hydrogens (tertiary/aromatic N) is 3. The van der Waals surface area contributed by atoms with E-state index in [1.54, 1.807) is 0 Å². The first-order chi connectivity index (χ1) is 14.1. The van der Waals surface area contributed by atoms with E-state index in [0.29, 0.717) is 13.0 Å². The second kappa shape index (κ2) is 7.89. The van der Waals surface area contributed by atoms with Crippen molar-refractivity contribution < 1.29 is 9.90 Å². The summed E-state index contributed by atoms with van der Waals surface area (Å²) < 4.78 is 0. The molecule has 0 saturated carbocycles. The molecule has 7 heteroatoms. The Bertz CT molecular complexity index is 1180. The smallest absolute Gasteiger partial charge is 0.273 e. The Kier molecular flexibility index (Phi) is 5.14. The van der Waals surface area contributed by atoms with Gasteiger partial charge < -0.3 is 15.4 Å². The fourth-order valence-corrected chi connectivity index (χ4v) is 3.32. The molecule has 3 N–H and O–H groups in total. The highest BCUT2D eigenvalue weighted by Crippen LogP contribution is 2.18. The highest BCUT2D eigenvalue weighted by atomic mass is 16.3. The molecule has 4 rings (SSSR count). The van der Waals surface area contributed by atoms with Gasteiger partial charge in [0.05, 0.1) is 12.3 Å². The topological polar surface area (TPSA) is 95.8 Å². The number of carbonyl (C=O) groups excluding carboxylic acids is 1. The number of aliphatic hydroxyl groups excluding tert-OH is 1. The number of hydrogen-bond acceptors (Lipinski definition) is 4. The molecule has 0 saturated heterocycles. The first kappa shape index (κ1) is 18.9. The van der Waals surface area contributed by atoms with Crippen molar-refractivity contribution in [2.45, 2.75) is 26.9 Å². The Balaban J connectivity index is 1.48. The lowest BCUT2D eigenvalue weighted by molar-refractivity contribution is 0.0945.